The number of nitrogens with zero attached hydrogens (tertiary/aromatic N) is 3. The summed E-state index contributed by atoms with van der Waals surface area (Å²) in [5.74, 6) is 0.912. The van der Waals surface area contributed by atoms with E-state index in [1.54, 1.807) is 0 Å². The number of unbranched alkanes of at least 4 members (excludes halogenated alkanes) is 1. The molecule has 0 aliphatic heterocycles. The number of anilines is 1. The zero-order valence-corrected chi connectivity index (χ0v) is 13.8. The lowest BCUT2D eigenvalue weighted by molar-refractivity contribution is 0.768. The average Bonchev–Trinajstić information content (AvgIpc) is 2.93. The summed E-state index contributed by atoms with van der Waals surface area (Å²) in [5.41, 5.74) is 9.18. The van der Waals surface area contributed by atoms with E-state index in [1.807, 2.05) is 48.9 Å². The molecule has 23 heavy (non-hydrogen) atoms. The summed E-state index contributed by atoms with van der Waals surface area (Å²) in [6, 6.07) is 9.72. The number of halogens is 1. The van der Waals surface area contributed by atoms with Crippen LogP contribution in [0.25, 0.3) is 16.9 Å². The number of rotatable bonds is 6. The Bertz CT molecular complexity index is 817. The summed E-state index contributed by atoms with van der Waals surface area (Å²) in [6.07, 6.45) is 3.84. The molecule has 0 fully saturated rings. The first-order valence-corrected chi connectivity index (χ1v) is 8.12. The largest absolute Gasteiger partial charge is 0.370 e. The lowest BCUT2D eigenvalue weighted by Gasteiger charge is -2.11. The molecule has 1 aromatic carbocycles. The fourth-order valence-electron chi connectivity index (χ4n) is 2.49. The molecule has 0 aliphatic carbocycles. The molecule has 3 aromatic rings. The standard InChI is InChI=1S/C16H19BClN5/c17-12-10-21-23-15(20-8-4-3-7-19)9-14(22-16(12)23)11-5-1-2-6-13(11)18/h1-2,5-6,9-10,20H,3-4,7-8,17,19H2. The summed E-state index contributed by atoms with van der Waals surface area (Å²) < 4.78 is 1.83. The van der Waals surface area contributed by atoms with Crippen molar-refractivity contribution in [3.63, 3.8) is 0 Å². The molecule has 0 saturated heterocycles. The van der Waals surface area contributed by atoms with Crippen LogP contribution < -0.4 is 16.5 Å². The van der Waals surface area contributed by atoms with Crippen LogP contribution in [0.15, 0.2) is 36.5 Å². The summed E-state index contributed by atoms with van der Waals surface area (Å²) in [7, 11) is 2.00. The maximum Gasteiger partial charge on any atom is 0.151 e. The van der Waals surface area contributed by atoms with Gasteiger partial charge in [0.1, 0.15) is 13.7 Å². The maximum absolute atomic E-state index is 6.32. The molecule has 0 radical (unpaired) electrons. The molecule has 2 aromatic heterocycles. The second-order valence-electron chi connectivity index (χ2n) is 5.49. The van der Waals surface area contributed by atoms with Crippen LogP contribution in [0.1, 0.15) is 12.8 Å². The van der Waals surface area contributed by atoms with Crippen LogP contribution in [0, 0.1) is 0 Å². The van der Waals surface area contributed by atoms with Crippen molar-refractivity contribution in [3.05, 3.63) is 41.6 Å². The van der Waals surface area contributed by atoms with Crippen molar-refractivity contribution in [1.82, 2.24) is 14.6 Å². The number of aromatic nitrogens is 3. The molecule has 5 nitrogen and oxygen atoms in total. The molecule has 0 aliphatic rings. The van der Waals surface area contributed by atoms with Gasteiger partial charge < -0.3 is 11.1 Å². The number of nitrogens with one attached hydrogen (secondary N) is 1. The Balaban J connectivity index is 2.02. The van der Waals surface area contributed by atoms with E-state index in [4.69, 9.17) is 22.3 Å². The normalized spacial score (nSPS) is 11.0. The Labute approximate surface area is 141 Å². The molecule has 0 spiro atoms. The van der Waals surface area contributed by atoms with Crippen LogP contribution in [-0.4, -0.2) is 35.5 Å². The second kappa shape index (κ2) is 7.02. The quantitative estimate of drug-likeness (QED) is 0.531. The summed E-state index contributed by atoms with van der Waals surface area (Å²) in [6.45, 7) is 1.55. The molecule has 0 amide bonds. The Morgan fingerprint density at radius 3 is 2.87 bits per heavy atom. The van der Waals surface area contributed by atoms with E-state index in [1.165, 1.54) is 0 Å². The minimum atomic E-state index is 0.690. The molecule has 2 heterocycles. The van der Waals surface area contributed by atoms with Crippen molar-refractivity contribution >= 4 is 36.4 Å². The highest BCUT2D eigenvalue weighted by atomic mass is 35.5. The molecule has 0 bridgehead atoms. The number of hydrogen-bond donors (Lipinski definition) is 2. The molecule has 3 rings (SSSR count). The average molecular weight is 328 g/mol. The van der Waals surface area contributed by atoms with E-state index >= 15 is 0 Å². The van der Waals surface area contributed by atoms with Crippen molar-refractivity contribution in [2.24, 2.45) is 5.73 Å². The molecule has 0 saturated carbocycles. The Hall–Kier alpha value is -2.05. The lowest BCUT2D eigenvalue weighted by Crippen LogP contribution is -2.11. The number of nitrogens with two attached hydrogens (primary N) is 1. The lowest BCUT2D eigenvalue weighted by atomic mass is 10.0. The SMILES string of the molecule is Bc1cnn2c(NCCCCN)cc(-c3ccccc3Cl)nc12. The minimum Gasteiger partial charge on any atom is -0.370 e. The zero-order valence-electron chi connectivity index (χ0n) is 13.1. The van der Waals surface area contributed by atoms with E-state index in [2.05, 4.69) is 10.4 Å². The third kappa shape index (κ3) is 3.33. The van der Waals surface area contributed by atoms with Crippen LogP contribution in [-0.2, 0) is 0 Å². The molecule has 0 atom stereocenters. The van der Waals surface area contributed by atoms with E-state index in [9.17, 15) is 0 Å². The van der Waals surface area contributed by atoms with Gasteiger partial charge in [0, 0.05) is 29.4 Å². The fraction of sp³-hybridized carbons (Fsp3) is 0.250. The van der Waals surface area contributed by atoms with Gasteiger partial charge in [-0.1, -0.05) is 29.8 Å². The summed E-state index contributed by atoms with van der Waals surface area (Å²) >= 11 is 6.32. The van der Waals surface area contributed by atoms with Crippen LogP contribution in [0.2, 0.25) is 5.02 Å². The van der Waals surface area contributed by atoms with Gasteiger partial charge in [-0.3, -0.25) is 0 Å². The Morgan fingerprint density at radius 2 is 2.09 bits per heavy atom. The fourth-order valence-corrected chi connectivity index (χ4v) is 2.72. The van der Waals surface area contributed by atoms with Gasteiger partial charge in [-0.25, -0.2) is 4.98 Å². The molecule has 7 heteroatoms. The number of hydrogen-bond acceptors (Lipinski definition) is 4. The molecular weight excluding hydrogens is 308 g/mol. The van der Waals surface area contributed by atoms with Crippen LogP contribution >= 0.6 is 11.6 Å². The van der Waals surface area contributed by atoms with E-state index in [-0.39, 0.29) is 0 Å². The van der Waals surface area contributed by atoms with Crippen LogP contribution in [0.4, 0.5) is 5.82 Å². The molecule has 118 valence electrons. The van der Waals surface area contributed by atoms with Gasteiger partial charge in [-0.2, -0.15) is 9.61 Å². The van der Waals surface area contributed by atoms with Gasteiger partial charge in [0.05, 0.1) is 5.69 Å². The first-order chi connectivity index (χ1) is 11.2. The van der Waals surface area contributed by atoms with Gasteiger partial charge in [-0.05, 0) is 30.9 Å². The second-order valence-corrected chi connectivity index (χ2v) is 5.90. The Kier molecular flexibility index (Phi) is 4.83. The predicted molar refractivity (Wildman–Crippen MR) is 98.4 cm³/mol. The first kappa shape index (κ1) is 15.8. The van der Waals surface area contributed by atoms with Gasteiger partial charge in [0.15, 0.2) is 5.65 Å². The topological polar surface area (TPSA) is 68.2 Å². The monoisotopic (exact) mass is 327 g/mol. The van der Waals surface area contributed by atoms with Crippen molar-refractivity contribution < 1.29 is 0 Å². The van der Waals surface area contributed by atoms with E-state index in [0.717, 1.165) is 47.6 Å². The summed E-state index contributed by atoms with van der Waals surface area (Å²) in [4.78, 5) is 4.73. The number of fused-ring (bicyclic) bond motifs is 1. The van der Waals surface area contributed by atoms with Crippen molar-refractivity contribution in [1.29, 1.82) is 0 Å². The Morgan fingerprint density at radius 1 is 1.26 bits per heavy atom. The predicted octanol–water partition coefficient (Wildman–Crippen LogP) is 1.46. The maximum atomic E-state index is 6.32. The van der Waals surface area contributed by atoms with Crippen LogP contribution in [0.3, 0.4) is 0 Å². The van der Waals surface area contributed by atoms with Gasteiger partial charge in [0.2, 0.25) is 0 Å². The van der Waals surface area contributed by atoms with Gasteiger partial charge >= 0.3 is 0 Å². The molecule has 0 unspecified atom stereocenters. The first-order valence-electron chi connectivity index (χ1n) is 7.75. The molecule has 3 N–H and O–H groups in total. The minimum absolute atomic E-state index is 0.690. The molecular formula is C16H19BClN5. The zero-order chi connectivity index (χ0) is 16.2. The highest BCUT2D eigenvalue weighted by molar-refractivity contribution is 6.36. The number of benzene rings is 1. The van der Waals surface area contributed by atoms with E-state index < -0.39 is 0 Å². The van der Waals surface area contributed by atoms with Gasteiger partial charge in [0.25, 0.3) is 0 Å². The van der Waals surface area contributed by atoms with E-state index in [0.29, 0.717) is 11.6 Å². The van der Waals surface area contributed by atoms with Crippen molar-refractivity contribution in [2.75, 3.05) is 18.4 Å². The third-order valence-corrected chi connectivity index (χ3v) is 4.06. The highest BCUT2D eigenvalue weighted by Crippen LogP contribution is 2.28. The van der Waals surface area contributed by atoms with Crippen molar-refractivity contribution in [3.8, 4) is 11.3 Å². The third-order valence-electron chi connectivity index (χ3n) is 3.73. The summed E-state index contributed by atoms with van der Waals surface area (Å²) in [5, 5.41) is 8.53. The highest BCUT2D eigenvalue weighted by Gasteiger charge is 2.12. The van der Waals surface area contributed by atoms with Crippen molar-refractivity contribution in [2.45, 2.75) is 12.8 Å². The van der Waals surface area contributed by atoms with Gasteiger partial charge in [-0.15, -0.1) is 0 Å². The van der Waals surface area contributed by atoms with Crippen LogP contribution in [0.5, 0.6) is 0 Å². The smallest absolute Gasteiger partial charge is 0.151 e.